The lowest BCUT2D eigenvalue weighted by molar-refractivity contribution is 0.663. The van der Waals surface area contributed by atoms with Gasteiger partial charge >= 0.3 is 0 Å². The summed E-state index contributed by atoms with van der Waals surface area (Å²) in [5, 5.41) is 8.71. The minimum Gasteiger partial charge on any atom is -0.456 e. The summed E-state index contributed by atoms with van der Waals surface area (Å²) in [6.45, 7) is 13.3. The van der Waals surface area contributed by atoms with Crippen molar-refractivity contribution in [3.05, 3.63) is 240 Å². The molecule has 13 rings (SSSR count). The maximum Gasteiger partial charge on any atom is 0.147 e. The Morgan fingerprint density at radius 3 is 1.25 bits per heavy atom. The summed E-state index contributed by atoms with van der Waals surface area (Å²) < 4.78 is 13.7. The molecule has 0 saturated carbocycles. The zero-order valence-corrected chi connectivity index (χ0v) is 41.3. The Morgan fingerprint density at radius 2 is 0.764 bits per heavy atom. The molecule has 0 fully saturated rings. The van der Waals surface area contributed by atoms with E-state index in [0.29, 0.717) is 0 Å². The molecule has 0 aliphatic rings. The first kappa shape index (κ1) is 43.2. The lowest BCUT2D eigenvalue weighted by atomic mass is 9.99. The van der Waals surface area contributed by atoms with Gasteiger partial charge < -0.3 is 18.6 Å². The molecule has 4 heteroatoms. The molecule has 346 valence electrons. The Balaban J connectivity index is 0.917. The summed E-state index contributed by atoms with van der Waals surface area (Å²) in [5.74, 6) is 0. The van der Waals surface area contributed by atoms with Crippen molar-refractivity contribution in [2.75, 3.05) is 9.80 Å². The molecule has 0 saturated heterocycles. The van der Waals surface area contributed by atoms with Gasteiger partial charge in [0.1, 0.15) is 22.3 Å². The van der Waals surface area contributed by atoms with Crippen LogP contribution in [0.3, 0.4) is 0 Å². The Labute approximate surface area is 419 Å². The number of para-hydroxylation sites is 2. The summed E-state index contributed by atoms with van der Waals surface area (Å²) >= 11 is 0. The zero-order chi connectivity index (χ0) is 48.8. The van der Waals surface area contributed by atoms with Crippen LogP contribution in [-0.4, -0.2) is 0 Å². The number of fused-ring (bicyclic) bond motifs is 9. The molecule has 0 aliphatic heterocycles. The highest BCUT2D eigenvalue weighted by Gasteiger charge is 2.23. The number of nitrogens with zero attached hydrogens (tertiary/aromatic N) is 2. The number of rotatable bonds is 8. The molecule has 4 nitrogen and oxygen atoms in total. The van der Waals surface area contributed by atoms with Crippen molar-refractivity contribution >= 4 is 99.5 Å². The van der Waals surface area contributed by atoms with E-state index in [0.717, 1.165) is 88.2 Å². The highest BCUT2D eigenvalue weighted by atomic mass is 16.3. The van der Waals surface area contributed by atoms with Gasteiger partial charge in [0.2, 0.25) is 0 Å². The van der Waals surface area contributed by atoms with E-state index in [4.69, 9.17) is 8.83 Å². The summed E-state index contributed by atoms with van der Waals surface area (Å²) in [7, 11) is 0. The molecule has 11 aromatic carbocycles. The average molecular weight is 929 g/mol. The molecule has 0 N–H and O–H groups in total. The third kappa shape index (κ3) is 7.13. The predicted molar refractivity (Wildman–Crippen MR) is 305 cm³/mol. The lowest BCUT2D eigenvalue weighted by Gasteiger charge is -2.30. The van der Waals surface area contributed by atoms with Crippen molar-refractivity contribution in [3.8, 4) is 22.3 Å². The van der Waals surface area contributed by atoms with E-state index in [1.165, 1.54) is 67.0 Å². The van der Waals surface area contributed by atoms with E-state index in [-0.39, 0.29) is 0 Å². The molecule has 0 aliphatic carbocycles. The summed E-state index contributed by atoms with van der Waals surface area (Å²) in [6, 6.07) is 74.8. The van der Waals surface area contributed by atoms with Crippen LogP contribution in [0.4, 0.5) is 34.1 Å². The lowest BCUT2D eigenvalue weighted by Crippen LogP contribution is -2.14. The smallest absolute Gasteiger partial charge is 0.147 e. The maximum atomic E-state index is 6.97. The van der Waals surface area contributed by atoms with Gasteiger partial charge in [-0.25, -0.2) is 0 Å². The molecule has 0 bridgehead atoms. The van der Waals surface area contributed by atoms with Gasteiger partial charge in [0.15, 0.2) is 0 Å². The molecular formula is C68H52N2O2. The van der Waals surface area contributed by atoms with Crippen molar-refractivity contribution in [1.29, 1.82) is 0 Å². The van der Waals surface area contributed by atoms with Crippen LogP contribution in [0.5, 0.6) is 0 Å². The Morgan fingerprint density at radius 1 is 0.292 bits per heavy atom. The van der Waals surface area contributed by atoms with Crippen LogP contribution >= 0.6 is 0 Å². The normalized spacial score (nSPS) is 11.8. The van der Waals surface area contributed by atoms with Gasteiger partial charge in [0, 0.05) is 38.9 Å². The molecule has 0 amide bonds. The monoisotopic (exact) mass is 928 g/mol. The summed E-state index contributed by atoms with van der Waals surface area (Å²) in [4.78, 5) is 4.85. The molecule has 0 radical (unpaired) electrons. The van der Waals surface area contributed by atoms with Gasteiger partial charge in [-0.05, 0) is 204 Å². The van der Waals surface area contributed by atoms with E-state index < -0.39 is 0 Å². The number of benzene rings is 11. The van der Waals surface area contributed by atoms with Crippen LogP contribution in [0.25, 0.3) is 87.7 Å². The Bertz CT molecular complexity index is 4250. The fourth-order valence-electron chi connectivity index (χ4n) is 11.4. The Hall–Kier alpha value is -8.86. The first-order chi connectivity index (χ1) is 35.1. The summed E-state index contributed by atoms with van der Waals surface area (Å²) in [6.07, 6.45) is 0. The standard InChI is InChI=1S/C68H52N2O2/c1-41-15-13-16-42(2)66(41)69(60-30-25-49(33-45(60)5)47-19-9-7-10-20-47)55-27-23-51-37-58-57-29-32-62-65(68(57)72-63(58)39-53(51)35-55)59-38-52-24-28-56(36-54(52)40-64(59)71-62)70(67-43(3)17-14-18-44(67)4)61-31-26-50(34-46(61)6)48-21-11-8-12-22-48/h7-40H,1-6H3. The van der Waals surface area contributed by atoms with E-state index in [9.17, 15) is 0 Å². The predicted octanol–water partition coefficient (Wildman–Crippen LogP) is 19.9. The second-order valence-electron chi connectivity index (χ2n) is 19.7. The molecule has 0 spiro atoms. The van der Waals surface area contributed by atoms with Crippen molar-refractivity contribution in [3.63, 3.8) is 0 Å². The molecule has 0 unspecified atom stereocenters. The minimum atomic E-state index is 0.808. The fourth-order valence-corrected chi connectivity index (χ4v) is 11.4. The largest absolute Gasteiger partial charge is 0.456 e. The van der Waals surface area contributed by atoms with Gasteiger partial charge in [-0.1, -0.05) is 121 Å². The first-order valence-electron chi connectivity index (χ1n) is 24.9. The quantitative estimate of drug-likeness (QED) is 0.152. The van der Waals surface area contributed by atoms with Crippen LogP contribution < -0.4 is 9.80 Å². The molecule has 2 heterocycles. The van der Waals surface area contributed by atoms with Crippen LogP contribution in [0.1, 0.15) is 33.4 Å². The highest BCUT2D eigenvalue weighted by Crippen LogP contribution is 2.47. The number of aryl methyl sites for hydroxylation is 6. The average Bonchev–Trinajstić information content (AvgIpc) is 3.94. The maximum absolute atomic E-state index is 6.97. The van der Waals surface area contributed by atoms with Crippen molar-refractivity contribution in [2.45, 2.75) is 41.5 Å². The van der Waals surface area contributed by atoms with Gasteiger partial charge in [-0.2, -0.15) is 0 Å². The third-order valence-electron chi connectivity index (χ3n) is 14.9. The van der Waals surface area contributed by atoms with Gasteiger partial charge in [0.05, 0.1) is 16.8 Å². The molecular weight excluding hydrogens is 877 g/mol. The molecule has 0 atom stereocenters. The number of hydrogen-bond donors (Lipinski definition) is 0. The van der Waals surface area contributed by atoms with E-state index in [1.54, 1.807) is 0 Å². The van der Waals surface area contributed by atoms with E-state index in [2.05, 4.69) is 258 Å². The van der Waals surface area contributed by atoms with E-state index >= 15 is 0 Å². The van der Waals surface area contributed by atoms with Gasteiger partial charge in [-0.3, -0.25) is 0 Å². The van der Waals surface area contributed by atoms with Crippen LogP contribution in [0, 0.1) is 41.5 Å². The van der Waals surface area contributed by atoms with Crippen molar-refractivity contribution in [1.82, 2.24) is 0 Å². The highest BCUT2D eigenvalue weighted by molar-refractivity contribution is 6.24. The van der Waals surface area contributed by atoms with Gasteiger partial charge in [-0.15, -0.1) is 0 Å². The number of hydrogen-bond acceptors (Lipinski definition) is 4. The van der Waals surface area contributed by atoms with Crippen molar-refractivity contribution in [2.24, 2.45) is 0 Å². The molecule has 2 aromatic heterocycles. The van der Waals surface area contributed by atoms with Crippen LogP contribution in [0.15, 0.2) is 215 Å². The Kier molecular flexibility index (Phi) is 10.2. The number of anilines is 6. The SMILES string of the molecule is Cc1cc(-c2ccccc2)ccc1N(c1ccc2cc3c(cc2c1)oc1c3ccc2oc3cc4cc(N(c5ccc(-c6ccccc6)cc5C)c5c(C)cccc5C)ccc4cc3c21)c1c(C)cccc1C. The second-order valence-corrected chi connectivity index (χ2v) is 19.7. The van der Waals surface area contributed by atoms with E-state index in [1.807, 2.05) is 0 Å². The van der Waals surface area contributed by atoms with Gasteiger partial charge in [0.25, 0.3) is 0 Å². The van der Waals surface area contributed by atoms with Crippen LogP contribution in [0.2, 0.25) is 0 Å². The molecule has 72 heavy (non-hydrogen) atoms. The van der Waals surface area contributed by atoms with Crippen molar-refractivity contribution < 1.29 is 8.83 Å². The molecule has 13 aromatic rings. The topological polar surface area (TPSA) is 32.8 Å². The second kappa shape index (κ2) is 16.9. The summed E-state index contributed by atoms with van der Waals surface area (Å²) in [5.41, 5.74) is 22.3. The fraction of sp³-hybridized carbons (Fsp3) is 0.0882. The zero-order valence-electron chi connectivity index (χ0n) is 41.3. The van der Waals surface area contributed by atoms with Crippen LogP contribution in [-0.2, 0) is 0 Å². The minimum absolute atomic E-state index is 0.808. The third-order valence-corrected chi connectivity index (χ3v) is 14.9. The first-order valence-corrected chi connectivity index (χ1v) is 24.9. The number of furan rings is 2.